The number of aliphatic hydroxyl groups excluding tert-OH is 1. The maximum atomic E-state index is 11.6. The predicted molar refractivity (Wildman–Crippen MR) is 60.1 cm³/mol. The minimum Gasteiger partial charge on any atom is -0.388 e. The highest BCUT2D eigenvalue weighted by Gasteiger charge is 2.11. The largest absolute Gasteiger partial charge is 0.388 e. The Hall–Kier alpha value is -1.67. The van der Waals surface area contributed by atoms with Crippen LogP contribution < -0.4 is 0 Å². The van der Waals surface area contributed by atoms with E-state index in [1.54, 1.807) is 0 Å². The van der Waals surface area contributed by atoms with E-state index in [1.807, 2.05) is 43.3 Å². The van der Waals surface area contributed by atoms with Crippen molar-refractivity contribution in [3.63, 3.8) is 0 Å². The fraction of sp³-hybridized carbons (Fsp3) is 0.154. The second-order valence-corrected chi connectivity index (χ2v) is 3.56. The Kier molecular flexibility index (Phi) is 2.52. The molecule has 2 aromatic carbocycles. The number of benzene rings is 2. The van der Waals surface area contributed by atoms with Gasteiger partial charge in [0.2, 0.25) is 0 Å². The number of hydrogen-bond donors (Lipinski definition) is 1. The topological polar surface area (TPSA) is 37.3 Å². The average Bonchev–Trinajstić information content (AvgIpc) is 2.28. The van der Waals surface area contributed by atoms with Gasteiger partial charge >= 0.3 is 0 Å². The number of Topliss-reactive ketones (excluding diaryl/α,β-unsaturated/α-hetero) is 1. The van der Waals surface area contributed by atoms with Gasteiger partial charge in [0.25, 0.3) is 0 Å². The molecule has 0 unspecified atom stereocenters. The van der Waals surface area contributed by atoms with Gasteiger partial charge < -0.3 is 5.11 Å². The van der Waals surface area contributed by atoms with Crippen LogP contribution in [0.25, 0.3) is 10.8 Å². The molecule has 2 rings (SSSR count). The lowest BCUT2D eigenvalue weighted by molar-refractivity contribution is 0.0905. The molecule has 15 heavy (non-hydrogen) atoms. The van der Waals surface area contributed by atoms with Gasteiger partial charge in [-0.1, -0.05) is 36.4 Å². The fourth-order valence-electron chi connectivity index (χ4n) is 1.83. The SMILES string of the molecule is Cc1ccc2ccccc2c1C(=O)CO. The van der Waals surface area contributed by atoms with Crippen molar-refractivity contribution < 1.29 is 9.90 Å². The summed E-state index contributed by atoms with van der Waals surface area (Å²) < 4.78 is 0. The van der Waals surface area contributed by atoms with Crippen molar-refractivity contribution in [1.29, 1.82) is 0 Å². The molecule has 0 saturated heterocycles. The van der Waals surface area contributed by atoms with Crippen LogP contribution in [0.2, 0.25) is 0 Å². The van der Waals surface area contributed by atoms with Gasteiger partial charge in [-0.05, 0) is 23.3 Å². The molecule has 0 aliphatic carbocycles. The Balaban J connectivity index is 2.79. The highest BCUT2D eigenvalue weighted by Crippen LogP contribution is 2.22. The molecule has 2 aromatic rings. The highest BCUT2D eigenvalue weighted by molar-refractivity contribution is 6.09. The van der Waals surface area contributed by atoms with Crippen LogP contribution in [0, 0.1) is 6.92 Å². The third-order valence-electron chi connectivity index (χ3n) is 2.56. The van der Waals surface area contributed by atoms with Crippen LogP contribution in [-0.2, 0) is 0 Å². The summed E-state index contributed by atoms with van der Waals surface area (Å²) >= 11 is 0. The molecule has 0 aliphatic rings. The lowest BCUT2D eigenvalue weighted by Crippen LogP contribution is -2.07. The second-order valence-electron chi connectivity index (χ2n) is 3.56. The Morgan fingerprint density at radius 2 is 1.93 bits per heavy atom. The van der Waals surface area contributed by atoms with Gasteiger partial charge in [-0.25, -0.2) is 0 Å². The quantitative estimate of drug-likeness (QED) is 0.755. The van der Waals surface area contributed by atoms with Gasteiger partial charge in [0.15, 0.2) is 5.78 Å². The monoisotopic (exact) mass is 200 g/mol. The Bertz CT molecular complexity index is 515. The van der Waals surface area contributed by atoms with E-state index in [0.717, 1.165) is 16.3 Å². The highest BCUT2D eigenvalue weighted by atomic mass is 16.3. The Morgan fingerprint density at radius 3 is 2.67 bits per heavy atom. The first-order chi connectivity index (χ1) is 7.24. The van der Waals surface area contributed by atoms with Crippen LogP contribution in [0.5, 0.6) is 0 Å². The van der Waals surface area contributed by atoms with Crippen molar-refractivity contribution in [3.8, 4) is 0 Å². The molecule has 1 N–H and O–H groups in total. The van der Waals surface area contributed by atoms with Crippen LogP contribution in [0.4, 0.5) is 0 Å². The van der Waals surface area contributed by atoms with Crippen LogP contribution >= 0.6 is 0 Å². The molecular weight excluding hydrogens is 188 g/mol. The lowest BCUT2D eigenvalue weighted by Gasteiger charge is -2.07. The lowest BCUT2D eigenvalue weighted by atomic mass is 9.97. The molecule has 0 aromatic heterocycles. The number of fused-ring (bicyclic) bond motifs is 1. The molecule has 0 aliphatic heterocycles. The van der Waals surface area contributed by atoms with E-state index in [1.165, 1.54) is 0 Å². The molecule has 2 nitrogen and oxygen atoms in total. The van der Waals surface area contributed by atoms with Crippen molar-refractivity contribution in [2.75, 3.05) is 6.61 Å². The molecule has 0 saturated carbocycles. The molecule has 0 amide bonds. The minimum atomic E-state index is -0.436. The Morgan fingerprint density at radius 1 is 1.20 bits per heavy atom. The number of carbonyl (C=O) groups excluding carboxylic acids is 1. The summed E-state index contributed by atoms with van der Waals surface area (Å²) in [5.41, 5.74) is 1.54. The molecule has 2 heteroatoms. The van der Waals surface area contributed by atoms with E-state index in [4.69, 9.17) is 5.11 Å². The van der Waals surface area contributed by atoms with Crippen molar-refractivity contribution in [1.82, 2.24) is 0 Å². The number of hydrogen-bond acceptors (Lipinski definition) is 2. The number of aliphatic hydroxyl groups is 1. The zero-order chi connectivity index (χ0) is 10.8. The minimum absolute atomic E-state index is 0.218. The fourth-order valence-corrected chi connectivity index (χ4v) is 1.83. The first-order valence-electron chi connectivity index (χ1n) is 4.86. The summed E-state index contributed by atoms with van der Waals surface area (Å²) in [6.45, 7) is 1.45. The molecule has 0 atom stereocenters. The smallest absolute Gasteiger partial charge is 0.189 e. The maximum absolute atomic E-state index is 11.6. The van der Waals surface area contributed by atoms with Gasteiger partial charge in [0.1, 0.15) is 6.61 Å². The summed E-state index contributed by atoms with van der Waals surface area (Å²) in [6.07, 6.45) is 0. The summed E-state index contributed by atoms with van der Waals surface area (Å²) in [5, 5.41) is 10.9. The number of rotatable bonds is 2. The van der Waals surface area contributed by atoms with Crippen molar-refractivity contribution in [3.05, 3.63) is 47.5 Å². The summed E-state index contributed by atoms with van der Waals surface area (Å²) in [5.74, 6) is -0.218. The molecule has 0 radical (unpaired) electrons. The van der Waals surface area contributed by atoms with Crippen LogP contribution in [0.15, 0.2) is 36.4 Å². The maximum Gasteiger partial charge on any atom is 0.189 e. The second kappa shape index (κ2) is 3.83. The standard InChI is InChI=1S/C13H12O2/c1-9-6-7-10-4-2-3-5-11(10)13(9)12(15)8-14/h2-7,14H,8H2,1H3. The predicted octanol–water partition coefficient (Wildman–Crippen LogP) is 2.32. The normalized spacial score (nSPS) is 10.5. The van der Waals surface area contributed by atoms with Gasteiger partial charge in [-0.15, -0.1) is 0 Å². The summed E-state index contributed by atoms with van der Waals surface area (Å²) in [7, 11) is 0. The van der Waals surface area contributed by atoms with E-state index < -0.39 is 6.61 Å². The van der Waals surface area contributed by atoms with Gasteiger partial charge in [0.05, 0.1) is 0 Å². The Labute approximate surface area is 88.2 Å². The number of aryl methyl sites for hydroxylation is 1. The van der Waals surface area contributed by atoms with Gasteiger partial charge in [0, 0.05) is 5.56 Å². The van der Waals surface area contributed by atoms with E-state index in [-0.39, 0.29) is 5.78 Å². The molecule has 0 bridgehead atoms. The summed E-state index contributed by atoms with van der Waals surface area (Å²) in [6, 6.07) is 11.6. The van der Waals surface area contributed by atoms with Crippen LogP contribution in [-0.4, -0.2) is 17.5 Å². The first kappa shape index (κ1) is 9.87. The van der Waals surface area contributed by atoms with Crippen LogP contribution in [0.3, 0.4) is 0 Å². The third kappa shape index (κ3) is 1.64. The van der Waals surface area contributed by atoms with Crippen molar-refractivity contribution >= 4 is 16.6 Å². The zero-order valence-corrected chi connectivity index (χ0v) is 8.53. The molecular formula is C13H12O2. The summed E-state index contributed by atoms with van der Waals surface area (Å²) in [4.78, 5) is 11.6. The number of ketones is 1. The van der Waals surface area contributed by atoms with E-state index >= 15 is 0 Å². The van der Waals surface area contributed by atoms with Crippen molar-refractivity contribution in [2.45, 2.75) is 6.92 Å². The first-order valence-corrected chi connectivity index (χ1v) is 4.86. The van der Waals surface area contributed by atoms with Gasteiger partial charge in [-0.2, -0.15) is 0 Å². The van der Waals surface area contributed by atoms with Crippen molar-refractivity contribution in [2.24, 2.45) is 0 Å². The molecule has 76 valence electrons. The van der Waals surface area contributed by atoms with E-state index in [2.05, 4.69) is 0 Å². The third-order valence-corrected chi connectivity index (χ3v) is 2.56. The van der Waals surface area contributed by atoms with Crippen LogP contribution in [0.1, 0.15) is 15.9 Å². The number of carbonyl (C=O) groups is 1. The zero-order valence-electron chi connectivity index (χ0n) is 8.53. The van der Waals surface area contributed by atoms with Gasteiger partial charge in [-0.3, -0.25) is 4.79 Å². The molecule has 0 heterocycles. The average molecular weight is 200 g/mol. The molecule has 0 fully saturated rings. The van der Waals surface area contributed by atoms with E-state index in [9.17, 15) is 4.79 Å². The van der Waals surface area contributed by atoms with E-state index in [0.29, 0.717) is 5.56 Å². The molecule has 0 spiro atoms.